The van der Waals surface area contributed by atoms with E-state index >= 15 is 0 Å². The van der Waals surface area contributed by atoms with E-state index in [1.165, 1.54) is 12.4 Å². The number of aromatic nitrogens is 3. The van der Waals surface area contributed by atoms with Gasteiger partial charge in [0.15, 0.2) is 0 Å². The lowest BCUT2D eigenvalue weighted by Crippen LogP contribution is -2.17. The van der Waals surface area contributed by atoms with Gasteiger partial charge in [-0.1, -0.05) is 29.5 Å². The number of nitrogens with zero attached hydrogens (tertiary/aromatic N) is 4. The molecule has 2 aromatic carbocycles. The molecule has 0 aliphatic carbocycles. The Labute approximate surface area is 218 Å². The first-order valence-corrected chi connectivity index (χ1v) is 12.0. The number of nitro benzene ring substituents is 1. The summed E-state index contributed by atoms with van der Waals surface area (Å²) in [7, 11) is 0. The Bertz CT molecular complexity index is 1530. The van der Waals surface area contributed by atoms with E-state index in [4.69, 9.17) is 16.3 Å². The Morgan fingerprint density at radius 3 is 2.84 bits per heavy atom. The number of fused-ring (bicyclic) bond motifs is 1. The molecule has 2 N–H and O–H groups in total. The SMILES string of the molecule is C[C@]1(C#Cc2cc3ncnc(Nc4ccc(OCc5ccccn5)c(Cl)c4)c3cc2[N+](=O)[O-])CCNC1. The van der Waals surface area contributed by atoms with Gasteiger partial charge in [0, 0.05) is 35.3 Å². The second-order valence-electron chi connectivity index (χ2n) is 8.98. The van der Waals surface area contributed by atoms with Crippen molar-refractivity contribution in [1.29, 1.82) is 0 Å². The van der Waals surface area contributed by atoms with Crippen LogP contribution in [0.1, 0.15) is 24.6 Å². The molecule has 1 aliphatic rings. The molecule has 9 nitrogen and oxygen atoms in total. The van der Waals surface area contributed by atoms with Crippen molar-refractivity contribution < 1.29 is 9.66 Å². The van der Waals surface area contributed by atoms with Gasteiger partial charge >= 0.3 is 0 Å². The van der Waals surface area contributed by atoms with Gasteiger partial charge in [-0.25, -0.2) is 9.97 Å². The number of rotatable bonds is 6. The average molecular weight is 515 g/mol. The lowest BCUT2D eigenvalue weighted by atomic mass is 9.90. The van der Waals surface area contributed by atoms with E-state index < -0.39 is 4.92 Å². The van der Waals surface area contributed by atoms with Gasteiger partial charge in [-0.3, -0.25) is 15.1 Å². The number of ether oxygens (including phenoxy) is 1. The number of nitro groups is 1. The van der Waals surface area contributed by atoms with Crippen LogP contribution < -0.4 is 15.4 Å². The van der Waals surface area contributed by atoms with Crippen molar-refractivity contribution in [2.75, 3.05) is 18.4 Å². The fourth-order valence-electron chi connectivity index (χ4n) is 4.05. The molecule has 1 fully saturated rings. The molecule has 0 spiro atoms. The molecular weight excluding hydrogens is 492 g/mol. The summed E-state index contributed by atoms with van der Waals surface area (Å²) < 4.78 is 5.78. The maximum absolute atomic E-state index is 11.9. The topological polar surface area (TPSA) is 115 Å². The molecule has 5 rings (SSSR count). The second-order valence-corrected chi connectivity index (χ2v) is 9.39. The smallest absolute Gasteiger partial charge is 0.285 e. The molecule has 0 saturated carbocycles. The van der Waals surface area contributed by atoms with Crippen LogP contribution in [-0.2, 0) is 6.61 Å². The van der Waals surface area contributed by atoms with E-state index in [-0.39, 0.29) is 17.7 Å². The summed E-state index contributed by atoms with van der Waals surface area (Å²) >= 11 is 6.44. The lowest BCUT2D eigenvalue weighted by Gasteiger charge is -2.13. The Balaban J connectivity index is 1.41. The number of pyridine rings is 1. The van der Waals surface area contributed by atoms with Crippen LogP contribution in [0.5, 0.6) is 5.75 Å². The highest BCUT2D eigenvalue weighted by atomic mass is 35.5. The Morgan fingerprint density at radius 2 is 2.11 bits per heavy atom. The van der Waals surface area contributed by atoms with Gasteiger partial charge in [-0.05, 0) is 56.3 Å². The summed E-state index contributed by atoms with van der Waals surface area (Å²) in [5, 5.41) is 19.3. The first kappa shape index (κ1) is 24.4. The van der Waals surface area contributed by atoms with E-state index in [0.717, 1.165) is 25.2 Å². The molecule has 2 aromatic heterocycles. The molecule has 4 aromatic rings. The Hall–Kier alpha value is -4.26. The number of halogens is 1. The average Bonchev–Trinajstić information content (AvgIpc) is 3.34. The molecule has 3 heterocycles. The van der Waals surface area contributed by atoms with Crippen molar-refractivity contribution in [3.05, 3.63) is 87.4 Å². The van der Waals surface area contributed by atoms with Gasteiger partial charge < -0.3 is 15.4 Å². The second kappa shape index (κ2) is 10.4. The zero-order chi connectivity index (χ0) is 25.8. The number of anilines is 2. The number of hydrogen-bond donors (Lipinski definition) is 2. The first-order chi connectivity index (χ1) is 17.9. The van der Waals surface area contributed by atoms with E-state index in [2.05, 4.69) is 44.4 Å². The van der Waals surface area contributed by atoms with E-state index in [1.807, 2.05) is 18.2 Å². The van der Waals surface area contributed by atoms with Crippen LogP contribution in [0.15, 0.2) is 61.1 Å². The van der Waals surface area contributed by atoms with Crippen molar-refractivity contribution >= 4 is 39.7 Å². The van der Waals surface area contributed by atoms with Crippen LogP contribution in [0.25, 0.3) is 10.9 Å². The van der Waals surface area contributed by atoms with Gasteiger partial charge in [0.05, 0.1) is 21.2 Å². The highest BCUT2D eigenvalue weighted by molar-refractivity contribution is 6.32. The fourth-order valence-corrected chi connectivity index (χ4v) is 4.29. The highest BCUT2D eigenvalue weighted by Crippen LogP contribution is 2.33. The molecule has 186 valence electrons. The van der Waals surface area contributed by atoms with Crippen LogP contribution >= 0.6 is 11.6 Å². The van der Waals surface area contributed by atoms with E-state index in [9.17, 15) is 10.1 Å². The third kappa shape index (κ3) is 5.61. The van der Waals surface area contributed by atoms with Gasteiger partial charge in [-0.15, -0.1) is 0 Å². The molecule has 0 radical (unpaired) electrons. The number of nitrogens with one attached hydrogen (secondary N) is 2. The zero-order valence-corrected chi connectivity index (χ0v) is 20.7. The standard InChI is InChI=1S/C27H23ClN6O3/c1-27(9-11-29-16-27)8-7-18-12-23-21(14-24(18)34(35)36)26(32-17-31-23)33-19-5-6-25(22(28)13-19)37-15-20-4-2-3-10-30-20/h2-6,10,12-14,17,29H,9,11,15-16H2,1H3,(H,31,32,33)/t27-/m0/s1. The van der Waals surface area contributed by atoms with Crippen molar-refractivity contribution in [3.8, 4) is 17.6 Å². The molecule has 10 heteroatoms. The van der Waals surface area contributed by atoms with Gasteiger partial charge in [0.25, 0.3) is 5.69 Å². The third-order valence-corrected chi connectivity index (χ3v) is 6.41. The number of benzene rings is 2. The maximum atomic E-state index is 11.9. The summed E-state index contributed by atoms with van der Waals surface area (Å²) in [5.74, 6) is 7.17. The minimum absolute atomic E-state index is 0.0938. The largest absolute Gasteiger partial charge is 0.486 e. The van der Waals surface area contributed by atoms with Crippen LogP contribution in [0.3, 0.4) is 0 Å². The summed E-state index contributed by atoms with van der Waals surface area (Å²) in [6.45, 7) is 3.98. The van der Waals surface area contributed by atoms with Gasteiger partial charge in [0.1, 0.15) is 30.1 Å². The molecule has 0 amide bonds. The fraction of sp³-hybridized carbons (Fsp3) is 0.222. The van der Waals surface area contributed by atoms with Crippen molar-refractivity contribution in [2.24, 2.45) is 5.41 Å². The predicted octanol–water partition coefficient (Wildman–Crippen LogP) is 5.26. The van der Waals surface area contributed by atoms with Crippen molar-refractivity contribution in [2.45, 2.75) is 20.0 Å². The molecule has 1 aliphatic heterocycles. The highest BCUT2D eigenvalue weighted by Gasteiger charge is 2.26. The minimum atomic E-state index is -0.430. The molecular formula is C27H23ClN6O3. The maximum Gasteiger partial charge on any atom is 0.285 e. The summed E-state index contributed by atoms with van der Waals surface area (Å²) in [6, 6.07) is 13.9. The van der Waals surface area contributed by atoms with Crippen LogP contribution in [-0.4, -0.2) is 33.0 Å². The normalized spacial score (nSPS) is 16.7. The molecule has 1 atom stereocenters. The van der Waals surface area contributed by atoms with Gasteiger partial charge in [0.2, 0.25) is 0 Å². The molecule has 37 heavy (non-hydrogen) atoms. The Morgan fingerprint density at radius 1 is 1.22 bits per heavy atom. The molecule has 0 unspecified atom stereocenters. The predicted molar refractivity (Wildman–Crippen MR) is 142 cm³/mol. The summed E-state index contributed by atoms with van der Waals surface area (Å²) in [6.07, 6.45) is 4.00. The van der Waals surface area contributed by atoms with Crippen LogP contribution in [0.2, 0.25) is 5.02 Å². The summed E-state index contributed by atoms with van der Waals surface area (Å²) in [4.78, 5) is 24.3. The lowest BCUT2D eigenvalue weighted by molar-refractivity contribution is -0.385. The third-order valence-electron chi connectivity index (χ3n) is 6.11. The summed E-state index contributed by atoms with van der Waals surface area (Å²) in [5.41, 5.74) is 1.99. The van der Waals surface area contributed by atoms with Gasteiger partial charge in [-0.2, -0.15) is 0 Å². The van der Waals surface area contributed by atoms with Crippen LogP contribution in [0.4, 0.5) is 17.2 Å². The quantitative estimate of drug-likeness (QED) is 0.203. The van der Waals surface area contributed by atoms with E-state index in [0.29, 0.717) is 38.7 Å². The van der Waals surface area contributed by atoms with Crippen molar-refractivity contribution in [1.82, 2.24) is 20.3 Å². The minimum Gasteiger partial charge on any atom is -0.486 e. The van der Waals surface area contributed by atoms with Crippen LogP contribution in [0, 0.1) is 27.4 Å². The first-order valence-electron chi connectivity index (χ1n) is 11.7. The number of hydrogen-bond acceptors (Lipinski definition) is 8. The van der Waals surface area contributed by atoms with E-state index in [1.54, 1.807) is 30.5 Å². The molecule has 0 bridgehead atoms. The Kier molecular flexibility index (Phi) is 6.86. The van der Waals surface area contributed by atoms with Crippen molar-refractivity contribution in [3.63, 3.8) is 0 Å². The molecule has 1 saturated heterocycles. The zero-order valence-electron chi connectivity index (χ0n) is 20.0. The monoisotopic (exact) mass is 514 g/mol.